The zero-order valence-electron chi connectivity index (χ0n) is 26.3. The van der Waals surface area contributed by atoms with E-state index >= 15 is 0 Å². The molecule has 0 spiro atoms. The smallest absolute Gasteiger partial charge is 0.220 e. The highest BCUT2D eigenvalue weighted by molar-refractivity contribution is 7.48. The van der Waals surface area contributed by atoms with Crippen molar-refractivity contribution in [1.29, 1.82) is 0 Å². The number of benzene rings is 2. The van der Waals surface area contributed by atoms with Crippen LogP contribution in [0.3, 0.4) is 0 Å². The number of allylic oxidation sites excluding steroid dienone is 2. The Kier molecular flexibility index (Phi) is 18.7. The average Bonchev–Trinajstić information content (AvgIpc) is 2.98. The van der Waals surface area contributed by atoms with Crippen LogP contribution in [0.5, 0.6) is 11.5 Å². The molecule has 0 saturated heterocycles. The Labute approximate surface area is 259 Å². The minimum absolute atomic E-state index is 0.214. The summed E-state index contributed by atoms with van der Waals surface area (Å²) in [6.45, 7) is 2.62. The zero-order chi connectivity index (χ0) is 31.2. The van der Waals surface area contributed by atoms with Gasteiger partial charge in [0.25, 0.3) is 0 Å². The van der Waals surface area contributed by atoms with Crippen molar-refractivity contribution < 1.29 is 28.6 Å². The van der Waals surface area contributed by atoms with Crippen molar-refractivity contribution in [2.75, 3.05) is 13.3 Å². The number of carbonyl (C=O) groups excluding carboxylic acids is 1. The van der Waals surface area contributed by atoms with E-state index in [0.717, 1.165) is 55.4 Å². The molecule has 0 unspecified atom stereocenters. The van der Waals surface area contributed by atoms with Crippen LogP contribution in [-0.4, -0.2) is 25.2 Å². The van der Waals surface area contributed by atoms with Gasteiger partial charge in [-0.15, -0.1) is 0 Å². The first kappa shape index (κ1) is 36.6. The Hall–Kier alpha value is -2.60. The zero-order valence-corrected chi connectivity index (χ0v) is 27.2. The molecule has 1 amide bonds. The summed E-state index contributed by atoms with van der Waals surface area (Å²) in [5, 5.41) is 2.78. The Morgan fingerprint density at radius 1 is 0.837 bits per heavy atom. The molecule has 0 fully saturated rings. The summed E-state index contributed by atoms with van der Waals surface area (Å²) < 4.78 is 22.6. The lowest BCUT2D eigenvalue weighted by atomic mass is 10.1. The summed E-state index contributed by atoms with van der Waals surface area (Å²) in [5.41, 5.74) is 1.78. The van der Waals surface area contributed by atoms with Crippen molar-refractivity contribution in [2.45, 2.75) is 116 Å². The average molecular weight is 614 g/mol. The van der Waals surface area contributed by atoms with Gasteiger partial charge in [0.05, 0.1) is 7.11 Å². The fraction of sp³-hybridized carbons (Fsp3) is 0.571. The van der Waals surface area contributed by atoms with Crippen LogP contribution in [0.4, 0.5) is 0 Å². The maximum atomic E-state index is 12.5. The van der Waals surface area contributed by atoms with Crippen LogP contribution in [0.25, 0.3) is 0 Å². The van der Waals surface area contributed by atoms with Crippen LogP contribution in [-0.2, 0) is 22.4 Å². The van der Waals surface area contributed by atoms with Gasteiger partial charge in [0, 0.05) is 12.5 Å². The number of ether oxygens (including phenoxy) is 2. The van der Waals surface area contributed by atoms with Crippen molar-refractivity contribution in [2.24, 2.45) is 0 Å². The highest BCUT2D eigenvalue weighted by Gasteiger charge is 2.15. The van der Waals surface area contributed by atoms with E-state index in [2.05, 4.69) is 24.4 Å². The first-order valence-electron chi connectivity index (χ1n) is 16.1. The minimum Gasteiger partial charge on any atom is -0.811 e. The van der Waals surface area contributed by atoms with Gasteiger partial charge in [0.1, 0.15) is 18.1 Å². The standard InChI is InChI=1S/C35H54NO6P/c1-3-4-5-6-7-8-9-10-11-12-13-14-15-16-17-21-35(37)36-32(29-43(38,39)40)26-30-22-24-33(25-23-30)42-28-31-19-18-20-34(27-31)41-2/h10-11,18-20,22-25,27,32H,3-9,12-17,21,26,28-29H2,1-2H3,(H,36,37)(H2,38,39,40)/p-2/b11-10-/t32-/m0/s1. The third-order valence-corrected chi connectivity index (χ3v) is 8.31. The molecule has 0 heterocycles. The van der Waals surface area contributed by atoms with Gasteiger partial charge in [0.15, 0.2) is 0 Å². The molecule has 2 rings (SSSR count). The third kappa shape index (κ3) is 18.6. The van der Waals surface area contributed by atoms with E-state index in [9.17, 15) is 19.1 Å². The van der Waals surface area contributed by atoms with E-state index in [-0.39, 0.29) is 12.3 Å². The summed E-state index contributed by atoms with van der Waals surface area (Å²) in [4.78, 5) is 35.6. The third-order valence-electron chi connectivity index (χ3n) is 7.42. The van der Waals surface area contributed by atoms with Gasteiger partial charge in [-0.3, -0.25) is 4.79 Å². The van der Waals surface area contributed by atoms with Gasteiger partial charge >= 0.3 is 0 Å². The number of rotatable bonds is 24. The van der Waals surface area contributed by atoms with E-state index in [1.54, 1.807) is 19.2 Å². The quantitative estimate of drug-likeness (QED) is 0.0758. The first-order chi connectivity index (χ1) is 20.8. The molecule has 8 heteroatoms. The van der Waals surface area contributed by atoms with E-state index in [1.165, 1.54) is 44.9 Å². The lowest BCUT2D eigenvalue weighted by Gasteiger charge is -2.34. The number of amides is 1. The van der Waals surface area contributed by atoms with Crippen molar-refractivity contribution in [3.05, 3.63) is 71.8 Å². The normalized spacial score (nSPS) is 12.4. The minimum atomic E-state index is -4.79. The number of hydrogen-bond donors (Lipinski definition) is 1. The van der Waals surface area contributed by atoms with E-state index < -0.39 is 19.8 Å². The molecule has 1 atom stereocenters. The lowest BCUT2D eigenvalue weighted by Crippen LogP contribution is -2.41. The molecule has 0 radical (unpaired) electrons. The summed E-state index contributed by atoms with van der Waals surface area (Å²) in [5.74, 6) is 1.21. The van der Waals surface area contributed by atoms with Gasteiger partial charge in [-0.25, -0.2) is 0 Å². The van der Waals surface area contributed by atoms with Gasteiger partial charge in [-0.1, -0.05) is 102 Å². The predicted octanol–water partition coefficient (Wildman–Crippen LogP) is 7.25. The van der Waals surface area contributed by atoms with Crippen molar-refractivity contribution in [3.8, 4) is 11.5 Å². The number of nitrogens with one attached hydrogen (secondary N) is 1. The Morgan fingerprint density at radius 3 is 2.09 bits per heavy atom. The summed E-state index contributed by atoms with van der Waals surface area (Å²) >= 11 is 0. The molecule has 240 valence electrons. The fourth-order valence-electron chi connectivity index (χ4n) is 5.02. The maximum absolute atomic E-state index is 12.5. The van der Waals surface area contributed by atoms with Crippen LogP contribution < -0.4 is 24.6 Å². The van der Waals surface area contributed by atoms with E-state index in [0.29, 0.717) is 18.8 Å². The van der Waals surface area contributed by atoms with E-state index in [1.807, 2.05) is 36.4 Å². The molecule has 0 bridgehead atoms. The second kappa shape index (κ2) is 22.0. The Balaban J connectivity index is 1.64. The lowest BCUT2D eigenvalue weighted by molar-refractivity contribution is -0.313. The largest absolute Gasteiger partial charge is 0.811 e. The molecule has 0 aromatic heterocycles. The summed E-state index contributed by atoms with van der Waals surface area (Å²) in [7, 11) is -3.18. The van der Waals surface area contributed by atoms with Crippen LogP contribution in [0.15, 0.2) is 60.7 Å². The molecule has 43 heavy (non-hydrogen) atoms. The van der Waals surface area contributed by atoms with Crippen molar-refractivity contribution in [3.63, 3.8) is 0 Å². The molecule has 2 aromatic rings. The molecule has 0 aliphatic heterocycles. The molecule has 1 N–H and O–H groups in total. The Bertz CT molecular complexity index is 1100. The fourth-order valence-corrected chi connectivity index (χ4v) is 5.78. The maximum Gasteiger partial charge on any atom is 0.220 e. The monoisotopic (exact) mass is 613 g/mol. The molecule has 0 aliphatic carbocycles. The van der Waals surface area contributed by atoms with Crippen molar-refractivity contribution >= 4 is 13.5 Å². The SMILES string of the molecule is CCCCCCCC/C=C\CCCCCCCC(=O)N[C@@H](Cc1ccc(OCc2cccc(OC)c2)cc1)CP(=O)([O-])[O-]. The molecule has 7 nitrogen and oxygen atoms in total. The second-order valence-corrected chi connectivity index (χ2v) is 13.0. The van der Waals surface area contributed by atoms with Crippen LogP contribution in [0.1, 0.15) is 108 Å². The van der Waals surface area contributed by atoms with Crippen molar-refractivity contribution in [1.82, 2.24) is 5.32 Å². The highest BCUT2D eigenvalue weighted by atomic mass is 31.2. The first-order valence-corrected chi connectivity index (χ1v) is 17.8. The molecule has 0 saturated carbocycles. The van der Waals surface area contributed by atoms with Crippen LogP contribution >= 0.6 is 7.60 Å². The van der Waals surface area contributed by atoms with Gasteiger partial charge in [0.2, 0.25) is 5.91 Å². The molecular weight excluding hydrogens is 561 g/mol. The van der Waals surface area contributed by atoms with Gasteiger partial charge in [-0.2, -0.15) is 0 Å². The second-order valence-electron chi connectivity index (χ2n) is 11.4. The van der Waals surface area contributed by atoms with Gasteiger partial charge < -0.3 is 29.1 Å². The number of carbonyl (C=O) groups is 1. The van der Waals surface area contributed by atoms with Crippen LogP contribution in [0.2, 0.25) is 0 Å². The Morgan fingerprint density at radius 2 is 1.47 bits per heavy atom. The summed E-state index contributed by atoms with van der Waals surface area (Å²) in [6.07, 6.45) is 19.9. The van der Waals surface area contributed by atoms with Gasteiger partial charge in [-0.05, 0) is 80.1 Å². The van der Waals surface area contributed by atoms with Crippen LogP contribution in [0, 0.1) is 0 Å². The summed E-state index contributed by atoms with van der Waals surface area (Å²) in [6, 6.07) is 14.1. The highest BCUT2D eigenvalue weighted by Crippen LogP contribution is 2.26. The number of methoxy groups -OCH3 is 1. The molecular formula is C35H52NO6P-2. The molecule has 2 aromatic carbocycles. The van der Waals surface area contributed by atoms with E-state index in [4.69, 9.17) is 9.47 Å². The number of hydrogen-bond acceptors (Lipinski definition) is 6. The topological polar surface area (TPSA) is 111 Å². The number of unbranched alkanes of at least 4 members (excludes halogenated alkanes) is 11. The molecule has 0 aliphatic rings. The predicted molar refractivity (Wildman–Crippen MR) is 171 cm³/mol.